The summed E-state index contributed by atoms with van der Waals surface area (Å²) in [6.07, 6.45) is 0. The van der Waals surface area contributed by atoms with Gasteiger partial charge in [-0.1, -0.05) is 24.3 Å². The predicted octanol–water partition coefficient (Wildman–Crippen LogP) is 3.39. The molecule has 0 aromatic heterocycles. The van der Waals surface area contributed by atoms with Crippen LogP contribution in [-0.2, 0) is 0 Å². The van der Waals surface area contributed by atoms with Gasteiger partial charge < -0.3 is 0 Å². The summed E-state index contributed by atoms with van der Waals surface area (Å²) in [5.41, 5.74) is 0. The number of benzene rings is 3. The number of rotatable bonds is 0. The minimum Gasteiger partial charge on any atom is -0.0537 e. The summed E-state index contributed by atoms with van der Waals surface area (Å²) in [5, 5.41) is 4.81. The van der Waals surface area contributed by atoms with Crippen molar-refractivity contribution in [2.75, 3.05) is 0 Å². The lowest BCUT2D eigenvalue weighted by Gasteiger charge is -2.01. The molecule has 0 aliphatic heterocycles. The van der Waals surface area contributed by atoms with Crippen molar-refractivity contribution in [3.05, 3.63) is 60.7 Å². The van der Waals surface area contributed by atoms with Gasteiger partial charge in [0.25, 0.3) is 0 Å². The molecule has 0 unspecified atom stereocenters. The molecule has 63 valence electrons. The molecule has 0 nitrogen and oxygen atoms in total. The molecule has 0 N–H and O–H groups in total. The largest absolute Gasteiger partial charge is 0.0537 e. The monoisotopic (exact) mass is 175 g/mol. The van der Waals surface area contributed by atoms with Crippen LogP contribution in [0.3, 0.4) is 0 Å². The zero-order valence-electron chi connectivity index (χ0n) is 7.54. The normalized spacial score (nSPS) is 10.9. The van der Waals surface area contributed by atoms with E-state index in [1.54, 1.807) is 0 Å². The fraction of sp³-hybridized carbons (Fsp3) is 0. The minimum atomic E-state index is 1.14. The van der Waals surface area contributed by atoms with E-state index < -0.39 is 0 Å². The van der Waals surface area contributed by atoms with Gasteiger partial charge in [-0.3, -0.25) is 0 Å². The summed E-state index contributed by atoms with van der Waals surface area (Å²) in [5.74, 6) is 0. The molecule has 0 atom stereocenters. The lowest BCUT2D eigenvalue weighted by molar-refractivity contribution is 1.74. The molecule has 14 heavy (non-hydrogen) atoms. The van der Waals surface area contributed by atoms with E-state index in [0.29, 0.717) is 0 Å². The van der Waals surface area contributed by atoms with Crippen LogP contribution in [0.4, 0.5) is 0 Å². The molecule has 0 amide bonds. The van der Waals surface area contributed by atoms with Gasteiger partial charge in [-0.25, -0.2) is 0 Å². The second kappa shape index (κ2) is 2.85. The van der Waals surface area contributed by atoms with Gasteiger partial charge in [-0.2, -0.15) is 0 Å². The van der Waals surface area contributed by atoms with Crippen LogP contribution in [0.2, 0.25) is 0 Å². The summed E-state index contributed by atoms with van der Waals surface area (Å²) >= 11 is 0. The Labute approximate surface area is 82.8 Å². The van der Waals surface area contributed by atoms with Crippen molar-refractivity contribution < 1.29 is 0 Å². The molecule has 0 saturated heterocycles. The molecule has 3 aromatic rings. The standard InChI is InChI=1S/C14H7/c1-3-7-13-11(5-1)9-10-12-6-2-4-8-14(12)13/h1,4,6-10H. The van der Waals surface area contributed by atoms with Gasteiger partial charge in [0, 0.05) is 0 Å². The maximum atomic E-state index is 3.18. The minimum absolute atomic E-state index is 1.14. The fourth-order valence-corrected chi connectivity index (χ4v) is 1.76. The van der Waals surface area contributed by atoms with Crippen molar-refractivity contribution in [3.63, 3.8) is 0 Å². The molecular formula is C14H7. The summed E-state index contributed by atoms with van der Waals surface area (Å²) < 4.78 is 0. The van der Waals surface area contributed by atoms with Crippen LogP contribution in [-0.4, -0.2) is 0 Å². The highest BCUT2D eigenvalue weighted by atomic mass is 14.0. The Morgan fingerprint density at radius 2 is 1.86 bits per heavy atom. The molecule has 3 rings (SSSR count). The highest BCUT2D eigenvalue weighted by molar-refractivity contribution is 6.06. The Bertz CT molecular complexity index is 539. The molecule has 0 heterocycles. The van der Waals surface area contributed by atoms with Crippen molar-refractivity contribution in [1.29, 1.82) is 0 Å². The molecule has 0 saturated carbocycles. The molecular weight excluding hydrogens is 168 g/mol. The van der Waals surface area contributed by atoms with Crippen molar-refractivity contribution in [3.8, 4) is 0 Å². The molecule has 0 heteroatoms. The van der Waals surface area contributed by atoms with E-state index in [-0.39, 0.29) is 0 Å². The van der Waals surface area contributed by atoms with Gasteiger partial charge in [0.15, 0.2) is 0 Å². The summed E-state index contributed by atoms with van der Waals surface area (Å²) in [4.78, 5) is 0. The van der Waals surface area contributed by atoms with E-state index in [1.807, 2.05) is 24.3 Å². The third-order valence-corrected chi connectivity index (χ3v) is 2.44. The molecule has 3 radical (unpaired) electrons. The Kier molecular flexibility index (Phi) is 1.54. The van der Waals surface area contributed by atoms with Gasteiger partial charge in [0.1, 0.15) is 0 Å². The van der Waals surface area contributed by atoms with Gasteiger partial charge >= 0.3 is 0 Å². The second-order valence-electron chi connectivity index (χ2n) is 3.27. The fourth-order valence-electron chi connectivity index (χ4n) is 1.76. The highest BCUT2D eigenvalue weighted by Crippen LogP contribution is 2.23. The van der Waals surface area contributed by atoms with Crippen LogP contribution in [0.25, 0.3) is 21.5 Å². The summed E-state index contributed by atoms with van der Waals surface area (Å²) in [6, 6.07) is 23.4. The van der Waals surface area contributed by atoms with Crippen LogP contribution in [0.5, 0.6) is 0 Å². The van der Waals surface area contributed by atoms with E-state index in [4.69, 9.17) is 0 Å². The van der Waals surface area contributed by atoms with E-state index in [1.165, 1.54) is 16.2 Å². The highest BCUT2D eigenvalue weighted by Gasteiger charge is 1.97. The second-order valence-corrected chi connectivity index (χ2v) is 3.27. The maximum Gasteiger partial charge on any atom is -0.00926 e. The lowest BCUT2D eigenvalue weighted by atomic mass is 10.0. The van der Waals surface area contributed by atoms with Crippen molar-refractivity contribution in [2.45, 2.75) is 0 Å². The predicted molar refractivity (Wildman–Crippen MR) is 58.0 cm³/mol. The first-order valence-corrected chi connectivity index (χ1v) is 4.55. The average molecular weight is 175 g/mol. The van der Waals surface area contributed by atoms with Gasteiger partial charge in [0.2, 0.25) is 0 Å². The summed E-state index contributed by atoms with van der Waals surface area (Å²) in [6.45, 7) is 0. The van der Waals surface area contributed by atoms with Gasteiger partial charge in [-0.05, 0) is 57.9 Å². The van der Waals surface area contributed by atoms with Crippen LogP contribution in [0, 0.1) is 18.2 Å². The van der Waals surface area contributed by atoms with Crippen LogP contribution >= 0.6 is 0 Å². The number of hydrogen-bond acceptors (Lipinski definition) is 0. The zero-order valence-corrected chi connectivity index (χ0v) is 7.54. The zero-order chi connectivity index (χ0) is 9.38. The van der Waals surface area contributed by atoms with Crippen LogP contribution in [0.15, 0.2) is 42.5 Å². The molecule has 0 fully saturated rings. The first kappa shape index (κ1) is 7.57. The van der Waals surface area contributed by atoms with Gasteiger partial charge in [0.05, 0.1) is 0 Å². The average Bonchev–Trinajstić information content (AvgIpc) is 2.29. The van der Waals surface area contributed by atoms with E-state index in [0.717, 1.165) is 5.39 Å². The Morgan fingerprint density at radius 3 is 2.86 bits per heavy atom. The first-order valence-electron chi connectivity index (χ1n) is 4.55. The van der Waals surface area contributed by atoms with Crippen LogP contribution < -0.4 is 0 Å². The lowest BCUT2D eigenvalue weighted by Crippen LogP contribution is -1.76. The quantitative estimate of drug-likeness (QED) is 0.459. The molecule has 3 aromatic carbocycles. The third kappa shape index (κ3) is 1.01. The molecule has 0 aliphatic carbocycles. The van der Waals surface area contributed by atoms with Gasteiger partial charge in [-0.15, -0.1) is 0 Å². The van der Waals surface area contributed by atoms with E-state index in [2.05, 4.69) is 36.4 Å². The smallest absolute Gasteiger partial charge is 0.00926 e. The number of hydrogen-bond donors (Lipinski definition) is 0. The van der Waals surface area contributed by atoms with Crippen molar-refractivity contribution in [2.24, 2.45) is 0 Å². The van der Waals surface area contributed by atoms with Crippen LogP contribution in [0.1, 0.15) is 0 Å². The van der Waals surface area contributed by atoms with Crippen molar-refractivity contribution >= 4 is 21.5 Å². The topological polar surface area (TPSA) is 0 Å². The maximum absolute atomic E-state index is 3.18. The first-order chi connectivity index (χ1) is 6.95. The van der Waals surface area contributed by atoms with E-state index in [9.17, 15) is 0 Å². The SMILES string of the molecule is [c]1ccc2c(c1)ccc1[c]c[c]cc12. The van der Waals surface area contributed by atoms with Crippen molar-refractivity contribution in [1.82, 2.24) is 0 Å². The number of fused-ring (bicyclic) bond motifs is 3. The summed E-state index contributed by atoms with van der Waals surface area (Å²) in [7, 11) is 0. The molecule has 0 bridgehead atoms. The Morgan fingerprint density at radius 1 is 0.857 bits per heavy atom. The third-order valence-electron chi connectivity index (χ3n) is 2.44. The molecule has 0 aliphatic rings. The Hall–Kier alpha value is -1.82. The molecule has 0 spiro atoms. The van der Waals surface area contributed by atoms with E-state index >= 15 is 0 Å². The Balaban J connectivity index is 2.61.